The van der Waals surface area contributed by atoms with Gasteiger partial charge in [-0.15, -0.1) is 0 Å². The van der Waals surface area contributed by atoms with E-state index in [2.05, 4.69) is 27.5 Å². The second-order valence-corrected chi connectivity index (χ2v) is 7.23. The molecule has 2 atom stereocenters. The van der Waals surface area contributed by atoms with Crippen LogP contribution in [0.1, 0.15) is 36.0 Å². The van der Waals surface area contributed by atoms with Gasteiger partial charge in [0.15, 0.2) is 0 Å². The Morgan fingerprint density at radius 1 is 1.37 bits per heavy atom. The highest BCUT2D eigenvalue weighted by Crippen LogP contribution is 2.27. The molecule has 1 aromatic rings. The molecule has 5 heteroatoms. The number of rotatable bonds is 3. The van der Waals surface area contributed by atoms with Crippen LogP contribution >= 0.6 is 39.3 Å². The van der Waals surface area contributed by atoms with Crippen LogP contribution in [0.2, 0.25) is 5.02 Å². The maximum absolute atomic E-state index is 12.3. The van der Waals surface area contributed by atoms with Crippen molar-refractivity contribution >= 4 is 45.2 Å². The van der Waals surface area contributed by atoms with E-state index >= 15 is 0 Å². The molecule has 1 fully saturated rings. The van der Waals surface area contributed by atoms with Gasteiger partial charge in [0.2, 0.25) is 0 Å². The van der Waals surface area contributed by atoms with E-state index in [0.717, 1.165) is 10.9 Å². The molecule has 0 aliphatic heterocycles. The highest BCUT2D eigenvalue weighted by atomic mass is 79.9. The second-order valence-electron chi connectivity index (χ2n) is 4.80. The molecule has 1 amide bonds. The topological polar surface area (TPSA) is 29.1 Å². The molecule has 1 aromatic carbocycles. The molecule has 0 bridgehead atoms. The van der Waals surface area contributed by atoms with E-state index < -0.39 is 0 Å². The zero-order valence-electron chi connectivity index (χ0n) is 10.8. The second kappa shape index (κ2) is 7.00. The van der Waals surface area contributed by atoms with Gasteiger partial charge in [0.05, 0.1) is 0 Å². The molecule has 0 heterocycles. The molecule has 0 radical (unpaired) electrons. The minimum absolute atomic E-state index is 0.0332. The van der Waals surface area contributed by atoms with E-state index in [9.17, 15) is 4.79 Å². The van der Waals surface area contributed by atoms with Gasteiger partial charge in [0, 0.05) is 26.4 Å². The summed E-state index contributed by atoms with van der Waals surface area (Å²) in [6.07, 6.45) is 6.83. The van der Waals surface area contributed by atoms with Gasteiger partial charge < -0.3 is 5.32 Å². The highest BCUT2D eigenvalue weighted by molar-refractivity contribution is 9.10. The number of benzene rings is 1. The molecule has 2 unspecified atom stereocenters. The van der Waals surface area contributed by atoms with Gasteiger partial charge >= 0.3 is 0 Å². The molecule has 1 aliphatic rings. The van der Waals surface area contributed by atoms with Gasteiger partial charge in [-0.2, -0.15) is 11.8 Å². The first-order valence-electron chi connectivity index (χ1n) is 6.40. The Bertz CT molecular complexity index is 449. The highest BCUT2D eigenvalue weighted by Gasteiger charge is 2.26. The Morgan fingerprint density at radius 3 is 2.79 bits per heavy atom. The molecule has 1 aliphatic carbocycles. The maximum atomic E-state index is 12.3. The molecule has 1 N–H and O–H groups in total. The zero-order chi connectivity index (χ0) is 13.8. The number of hydrogen-bond acceptors (Lipinski definition) is 2. The Balaban J connectivity index is 2.07. The fourth-order valence-electron chi connectivity index (χ4n) is 2.48. The van der Waals surface area contributed by atoms with Crippen molar-refractivity contribution < 1.29 is 4.79 Å². The maximum Gasteiger partial charge on any atom is 0.251 e. The molecule has 2 rings (SSSR count). The standard InChI is InChI=1S/C14H17BrClNOS/c1-19-13-5-3-2-4-12(13)17-14(18)9-6-10(15)8-11(16)7-9/h6-8,12-13H,2-5H2,1H3,(H,17,18). The summed E-state index contributed by atoms with van der Waals surface area (Å²) in [5.41, 5.74) is 0.616. The normalized spacial score (nSPS) is 23.1. The van der Waals surface area contributed by atoms with Crippen molar-refractivity contribution in [3.05, 3.63) is 33.3 Å². The molecule has 1 saturated carbocycles. The molecule has 19 heavy (non-hydrogen) atoms. The van der Waals surface area contributed by atoms with E-state index in [1.807, 2.05) is 11.8 Å². The largest absolute Gasteiger partial charge is 0.348 e. The van der Waals surface area contributed by atoms with Crippen molar-refractivity contribution in [2.45, 2.75) is 37.0 Å². The van der Waals surface area contributed by atoms with Crippen LogP contribution in [0.3, 0.4) is 0 Å². The van der Waals surface area contributed by atoms with Crippen LogP contribution in [-0.2, 0) is 0 Å². The lowest BCUT2D eigenvalue weighted by molar-refractivity contribution is 0.0929. The van der Waals surface area contributed by atoms with Crippen LogP contribution in [0.15, 0.2) is 22.7 Å². The summed E-state index contributed by atoms with van der Waals surface area (Å²) in [7, 11) is 0. The minimum atomic E-state index is -0.0332. The number of carbonyl (C=O) groups is 1. The number of amides is 1. The number of carbonyl (C=O) groups excluding carboxylic acids is 1. The van der Waals surface area contributed by atoms with Crippen LogP contribution in [0, 0.1) is 0 Å². The van der Waals surface area contributed by atoms with Crippen LogP contribution < -0.4 is 5.32 Å². The molecular formula is C14H17BrClNOS. The average molecular weight is 363 g/mol. The average Bonchev–Trinajstić information content (AvgIpc) is 2.38. The first-order valence-corrected chi connectivity index (χ1v) is 8.86. The lowest BCUT2D eigenvalue weighted by Crippen LogP contribution is -2.43. The summed E-state index contributed by atoms with van der Waals surface area (Å²) in [6.45, 7) is 0. The number of hydrogen-bond donors (Lipinski definition) is 1. The summed E-state index contributed by atoms with van der Waals surface area (Å²) in [4.78, 5) is 12.3. The first-order chi connectivity index (χ1) is 9.10. The van der Waals surface area contributed by atoms with Crippen LogP contribution in [0.25, 0.3) is 0 Å². The van der Waals surface area contributed by atoms with Gasteiger partial charge in [-0.3, -0.25) is 4.79 Å². The van der Waals surface area contributed by atoms with E-state index in [4.69, 9.17) is 11.6 Å². The number of halogens is 2. The smallest absolute Gasteiger partial charge is 0.251 e. The van der Waals surface area contributed by atoms with E-state index in [-0.39, 0.29) is 11.9 Å². The van der Waals surface area contributed by atoms with Gasteiger partial charge in [-0.25, -0.2) is 0 Å². The van der Waals surface area contributed by atoms with Crippen LogP contribution in [0.4, 0.5) is 0 Å². The predicted molar refractivity (Wildman–Crippen MR) is 86.2 cm³/mol. The number of thioether (sulfide) groups is 1. The fourth-order valence-corrected chi connectivity index (χ4v) is 4.28. The Hall–Kier alpha value is -0.190. The minimum Gasteiger partial charge on any atom is -0.348 e. The third kappa shape index (κ3) is 4.14. The quantitative estimate of drug-likeness (QED) is 0.857. The summed E-state index contributed by atoms with van der Waals surface area (Å²) in [5.74, 6) is -0.0332. The molecule has 104 valence electrons. The first kappa shape index (κ1) is 15.2. The third-order valence-electron chi connectivity index (χ3n) is 3.45. The van der Waals surface area contributed by atoms with E-state index in [1.54, 1.807) is 18.2 Å². The Kier molecular flexibility index (Phi) is 5.60. The van der Waals surface area contributed by atoms with E-state index in [0.29, 0.717) is 15.8 Å². The monoisotopic (exact) mass is 361 g/mol. The van der Waals surface area contributed by atoms with Crippen molar-refractivity contribution in [1.29, 1.82) is 0 Å². The third-order valence-corrected chi connectivity index (χ3v) is 5.29. The van der Waals surface area contributed by atoms with E-state index in [1.165, 1.54) is 19.3 Å². The summed E-state index contributed by atoms with van der Waals surface area (Å²) >= 11 is 11.2. The molecular weight excluding hydrogens is 346 g/mol. The van der Waals surface area contributed by atoms with Gasteiger partial charge in [0.25, 0.3) is 5.91 Å². The van der Waals surface area contributed by atoms with Crippen LogP contribution in [0.5, 0.6) is 0 Å². The van der Waals surface area contributed by atoms with Crippen molar-refractivity contribution in [3.8, 4) is 0 Å². The molecule has 2 nitrogen and oxygen atoms in total. The summed E-state index contributed by atoms with van der Waals surface area (Å²) in [6, 6.07) is 5.56. The number of nitrogens with one attached hydrogen (secondary N) is 1. The summed E-state index contributed by atoms with van der Waals surface area (Å²) < 4.78 is 0.829. The van der Waals surface area contributed by atoms with Crippen molar-refractivity contribution in [2.75, 3.05) is 6.26 Å². The summed E-state index contributed by atoms with van der Waals surface area (Å²) in [5, 5.41) is 4.25. The molecule has 0 saturated heterocycles. The predicted octanol–water partition coefficient (Wildman–Crippen LogP) is 4.51. The van der Waals surface area contributed by atoms with Crippen molar-refractivity contribution in [2.24, 2.45) is 0 Å². The zero-order valence-corrected chi connectivity index (χ0v) is 13.9. The van der Waals surface area contributed by atoms with Gasteiger partial charge in [-0.05, 0) is 37.3 Å². The molecule has 0 aromatic heterocycles. The van der Waals surface area contributed by atoms with Crippen LogP contribution in [-0.4, -0.2) is 23.5 Å². The Morgan fingerprint density at radius 2 is 2.11 bits per heavy atom. The van der Waals surface area contributed by atoms with Gasteiger partial charge in [-0.1, -0.05) is 40.4 Å². The lowest BCUT2D eigenvalue weighted by Gasteiger charge is -2.31. The fraction of sp³-hybridized carbons (Fsp3) is 0.500. The van der Waals surface area contributed by atoms with Crippen molar-refractivity contribution in [3.63, 3.8) is 0 Å². The van der Waals surface area contributed by atoms with Gasteiger partial charge in [0.1, 0.15) is 0 Å². The Labute approximate surface area is 131 Å². The SMILES string of the molecule is CSC1CCCCC1NC(=O)c1cc(Cl)cc(Br)c1. The molecule has 0 spiro atoms. The van der Waals surface area contributed by atoms with Crippen molar-refractivity contribution in [1.82, 2.24) is 5.32 Å². The lowest BCUT2D eigenvalue weighted by atomic mass is 9.94.